The van der Waals surface area contributed by atoms with Gasteiger partial charge in [-0.3, -0.25) is 0 Å². The minimum Gasteiger partial charge on any atom is -0.491 e. The van der Waals surface area contributed by atoms with E-state index in [1.54, 1.807) is 0 Å². The summed E-state index contributed by atoms with van der Waals surface area (Å²) in [5, 5.41) is 0. The largest absolute Gasteiger partial charge is 0.498 e. The van der Waals surface area contributed by atoms with E-state index in [1.165, 1.54) is 6.07 Å². The maximum absolute atomic E-state index is 13.0. The van der Waals surface area contributed by atoms with Crippen LogP contribution >= 0.6 is 0 Å². The summed E-state index contributed by atoms with van der Waals surface area (Å²) in [6, 6.07) is 3.47. The lowest BCUT2D eigenvalue weighted by Crippen LogP contribution is -2.41. The number of ether oxygens (including phenoxy) is 1. The molecular formula is C16H20BF3O3. The fourth-order valence-corrected chi connectivity index (χ4v) is 2.34. The predicted molar refractivity (Wildman–Crippen MR) is 80.8 cm³/mol. The number of alkyl halides is 3. The molecule has 1 aliphatic carbocycles. The lowest BCUT2D eigenvalue weighted by atomic mass is 9.78. The molecule has 2 fully saturated rings. The van der Waals surface area contributed by atoms with Gasteiger partial charge in [0.1, 0.15) is 5.75 Å². The average Bonchev–Trinajstić information content (AvgIpc) is 3.16. The van der Waals surface area contributed by atoms with Crippen molar-refractivity contribution in [2.24, 2.45) is 0 Å². The molecular weight excluding hydrogens is 308 g/mol. The van der Waals surface area contributed by atoms with E-state index < -0.39 is 30.1 Å². The zero-order chi connectivity index (χ0) is 17.0. The first-order chi connectivity index (χ1) is 10.5. The monoisotopic (exact) mass is 328 g/mol. The molecule has 0 radical (unpaired) electrons. The van der Waals surface area contributed by atoms with E-state index in [-0.39, 0.29) is 11.9 Å². The van der Waals surface area contributed by atoms with Gasteiger partial charge in [-0.05, 0) is 46.6 Å². The maximum atomic E-state index is 13.0. The summed E-state index contributed by atoms with van der Waals surface area (Å²) in [4.78, 5) is 0. The molecule has 7 heteroatoms. The number of halogens is 3. The third-order valence-electron chi connectivity index (χ3n) is 4.67. The molecule has 0 bridgehead atoms. The van der Waals surface area contributed by atoms with Crippen molar-refractivity contribution in [2.75, 3.05) is 0 Å². The van der Waals surface area contributed by atoms with E-state index in [1.807, 2.05) is 27.7 Å². The second-order valence-corrected chi connectivity index (χ2v) is 7.16. The van der Waals surface area contributed by atoms with Gasteiger partial charge in [-0.25, -0.2) is 0 Å². The highest BCUT2D eigenvalue weighted by Gasteiger charge is 2.52. The van der Waals surface area contributed by atoms with Gasteiger partial charge in [0.25, 0.3) is 0 Å². The molecule has 0 atom stereocenters. The standard InChI is InChI=1S/C16H20BF3O3/c1-14(2)15(3,4)23-17(22-14)12-8-5-10(16(18,19)20)9-13(12)21-11-6-7-11/h5,8-9,11H,6-7H2,1-4H3. The first-order valence-electron chi connectivity index (χ1n) is 7.73. The highest BCUT2D eigenvalue weighted by Crippen LogP contribution is 2.39. The minimum absolute atomic E-state index is 0.0142. The van der Waals surface area contributed by atoms with Gasteiger partial charge in [-0.15, -0.1) is 0 Å². The smallest absolute Gasteiger partial charge is 0.491 e. The number of hydrogen-bond acceptors (Lipinski definition) is 3. The van der Waals surface area contributed by atoms with Crippen LogP contribution in [0, 0.1) is 0 Å². The van der Waals surface area contributed by atoms with Crippen molar-refractivity contribution in [3.05, 3.63) is 23.8 Å². The summed E-state index contributed by atoms with van der Waals surface area (Å²) in [5.74, 6) is 0.195. The second-order valence-electron chi connectivity index (χ2n) is 7.16. The minimum atomic E-state index is -4.41. The Balaban J connectivity index is 1.95. The van der Waals surface area contributed by atoms with Gasteiger partial charge in [0.2, 0.25) is 0 Å². The van der Waals surface area contributed by atoms with E-state index in [2.05, 4.69) is 0 Å². The van der Waals surface area contributed by atoms with Crippen LogP contribution < -0.4 is 10.2 Å². The highest BCUT2D eigenvalue weighted by atomic mass is 19.4. The molecule has 126 valence electrons. The van der Waals surface area contributed by atoms with Gasteiger partial charge in [0, 0.05) is 5.46 Å². The molecule has 0 spiro atoms. The van der Waals surface area contributed by atoms with E-state index in [0.29, 0.717) is 5.46 Å². The normalized spacial score (nSPS) is 23.2. The molecule has 1 aliphatic heterocycles. The van der Waals surface area contributed by atoms with Gasteiger partial charge >= 0.3 is 13.3 Å². The van der Waals surface area contributed by atoms with Crippen LogP contribution in [-0.4, -0.2) is 24.4 Å². The molecule has 23 heavy (non-hydrogen) atoms. The molecule has 1 heterocycles. The summed E-state index contributed by atoms with van der Waals surface area (Å²) in [6.45, 7) is 7.61. The average molecular weight is 328 g/mol. The van der Waals surface area contributed by atoms with Gasteiger partial charge in [-0.1, -0.05) is 12.1 Å². The molecule has 2 aliphatic rings. The fraction of sp³-hybridized carbons (Fsp3) is 0.625. The summed E-state index contributed by atoms with van der Waals surface area (Å²) in [7, 11) is -0.740. The van der Waals surface area contributed by atoms with Crippen LogP contribution in [0.1, 0.15) is 46.1 Å². The van der Waals surface area contributed by atoms with Crippen LogP contribution in [-0.2, 0) is 15.5 Å². The molecule has 1 saturated carbocycles. The van der Waals surface area contributed by atoms with E-state index in [4.69, 9.17) is 14.0 Å². The van der Waals surface area contributed by atoms with Crippen LogP contribution in [0.4, 0.5) is 13.2 Å². The Morgan fingerprint density at radius 2 is 1.65 bits per heavy atom. The summed E-state index contributed by atoms with van der Waals surface area (Å²) >= 11 is 0. The third-order valence-corrected chi connectivity index (χ3v) is 4.67. The van der Waals surface area contributed by atoms with Gasteiger partial charge in [0.15, 0.2) is 0 Å². The Labute approximate surface area is 134 Å². The van der Waals surface area contributed by atoms with Crippen molar-refractivity contribution in [1.29, 1.82) is 0 Å². The predicted octanol–water partition coefficient (Wildman–Crippen LogP) is 3.55. The van der Waals surface area contributed by atoms with E-state index in [0.717, 1.165) is 25.0 Å². The first kappa shape index (κ1) is 16.6. The van der Waals surface area contributed by atoms with E-state index in [9.17, 15) is 13.2 Å². The summed E-state index contributed by atoms with van der Waals surface area (Å²) in [5.41, 5.74) is -1.34. The molecule has 0 aromatic heterocycles. The van der Waals surface area contributed by atoms with Crippen molar-refractivity contribution in [3.8, 4) is 5.75 Å². The lowest BCUT2D eigenvalue weighted by molar-refractivity contribution is -0.137. The van der Waals surface area contributed by atoms with Crippen molar-refractivity contribution < 1.29 is 27.2 Å². The zero-order valence-corrected chi connectivity index (χ0v) is 13.7. The quantitative estimate of drug-likeness (QED) is 0.795. The number of hydrogen-bond donors (Lipinski definition) is 0. The van der Waals surface area contributed by atoms with Crippen molar-refractivity contribution in [2.45, 2.75) is 64.0 Å². The Bertz CT molecular complexity index is 593. The first-order valence-corrected chi connectivity index (χ1v) is 7.73. The highest BCUT2D eigenvalue weighted by molar-refractivity contribution is 6.63. The van der Waals surface area contributed by atoms with Crippen LogP contribution in [0.5, 0.6) is 5.75 Å². The van der Waals surface area contributed by atoms with Crippen LogP contribution in [0.2, 0.25) is 0 Å². The van der Waals surface area contributed by atoms with E-state index >= 15 is 0 Å². The Hall–Kier alpha value is -1.21. The topological polar surface area (TPSA) is 27.7 Å². The Kier molecular flexibility index (Phi) is 3.72. The van der Waals surface area contributed by atoms with Crippen LogP contribution in [0.3, 0.4) is 0 Å². The van der Waals surface area contributed by atoms with Gasteiger partial charge in [-0.2, -0.15) is 13.2 Å². The summed E-state index contributed by atoms with van der Waals surface area (Å²) in [6.07, 6.45) is -2.70. The summed E-state index contributed by atoms with van der Waals surface area (Å²) < 4.78 is 56.4. The maximum Gasteiger partial charge on any atom is 0.498 e. The Morgan fingerprint density at radius 1 is 1.09 bits per heavy atom. The molecule has 3 rings (SSSR count). The van der Waals surface area contributed by atoms with Crippen molar-refractivity contribution >= 4 is 12.6 Å². The SMILES string of the molecule is CC1(C)OB(c2ccc(C(F)(F)F)cc2OC2CC2)OC1(C)C. The van der Waals surface area contributed by atoms with Gasteiger partial charge < -0.3 is 14.0 Å². The van der Waals surface area contributed by atoms with Crippen molar-refractivity contribution in [3.63, 3.8) is 0 Å². The number of benzene rings is 1. The fourth-order valence-electron chi connectivity index (χ4n) is 2.34. The molecule has 0 amide bonds. The molecule has 0 unspecified atom stereocenters. The van der Waals surface area contributed by atoms with Crippen LogP contribution in [0.15, 0.2) is 18.2 Å². The second kappa shape index (κ2) is 5.15. The van der Waals surface area contributed by atoms with Crippen molar-refractivity contribution in [1.82, 2.24) is 0 Å². The third kappa shape index (κ3) is 3.22. The molecule has 0 N–H and O–H groups in total. The Morgan fingerprint density at radius 3 is 2.13 bits per heavy atom. The molecule has 1 aromatic carbocycles. The molecule has 1 saturated heterocycles. The number of rotatable bonds is 3. The van der Waals surface area contributed by atoms with Gasteiger partial charge in [0.05, 0.1) is 22.9 Å². The molecule has 1 aromatic rings. The zero-order valence-electron chi connectivity index (χ0n) is 13.7. The molecule has 3 nitrogen and oxygen atoms in total. The lowest BCUT2D eigenvalue weighted by Gasteiger charge is -2.32. The van der Waals surface area contributed by atoms with Crippen LogP contribution in [0.25, 0.3) is 0 Å².